The molecule has 5 nitrogen and oxygen atoms in total. The molecule has 0 aromatic heterocycles. The second-order valence-corrected chi connectivity index (χ2v) is 6.04. The zero-order valence-corrected chi connectivity index (χ0v) is 13.5. The number of carbonyl (C=O) groups is 1. The van der Waals surface area contributed by atoms with E-state index in [1.165, 1.54) is 17.0 Å². The summed E-state index contributed by atoms with van der Waals surface area (Å²) < 4.78 is 54.0. The molecule has 0 bridgehead atoms. The van der Waals surface area contributed by atoms with Gasteiger partial charge < -0.3 is 19.1 Å². The Bertz CT molecular complexity index is 829. The third-order valence-corrected chi connectivity index (χ3v) is 4.24. The van der Waals surface area contributed by atoms with E-state index in [9.17, 15) is 18.0 Å². The molecule has 8 heteroatoms. The van der Waals surface area contributed by atoms with Gasteiger partial charge in [0.15, 0.2) is 11.5 Å². The van der Waals surface area contributed by atoms with Crippen LogP contribution in [0.1, 0.15) is 15.9 Å². The van der Waals surface area contributed by atoms with Crippen LogP contribution in [0.25, 0.3) is 0 Å². The molecule has 136 valence electrons. The number of ether oxygens (including phenoxy) is 3. The lowest BCUT2D eigenvalue weighted by Gasteiger charge is -2.39. The number of carbonyl (C=O) groups excluding carboxylic acids is 1. The molecule has 26 heavy (non-hydrogen) atoms. The van der Waals surface area contributed by atoms with Crippen molar-refractivity contribution >= 4 is 5.91 Å². The lowest BCUT2D eigenvalue weighted by atomic mass is 10.1. The van der Waals surface area contributed by atoms with E-state index < -0.39 is 11.7 Å². The molecule has 0 N–H and O–H groups in total. The van der Waals surface area contributed by atoms with Gasteiger partial charge in [0, 0.05) is 11.6 Å². The number of halogens is 3. The Morgan fingerprint density at radius 2 is 1.73 bits per heavy atom. The number of hydrogen-bond acceptors (Lipinski definition) is 4. The van der Waals surface area contributed by atoms with Crippen molar-refractivity contribution in [1.82, 2.24) is 4.90 Å². The van der Waals surface area contributed by atoms with Crippen LogP contribution >= 0.6 is 0 Å². The maximum atomic E-state index is 12.6. The molecule has 0 saturated carbocycles. The van der Waals surface area contributed by atoms with Crippen LogP contribution in [0.3, 0.4) is 0 Å². The Morgan fingerprint density at radius 1 is 1.04 bits per heavy atom. The van der Waals surface area contributed by atoms with Crippen molar-refractivity contribution in [2.75, 3.05) is 19.9 Å². The molecule has 2 aromatic rings. The number of likely N-dealkylation sites (tertiary alicyclic amines) is 1. The summed E-state index contributed by atoms with van der Waals surface area (Å²) in [7, 11) is 0. The molecule has 2 aliphatic heterocycles. The largest absolute Gasteiger partial charge is 0.487 e. The standard InChI is InChI=1S/C18H14F3NO4/c19-18(20,21)12-3-1-11(2-4-12)17(23)22-8-14(9-22)26-13-5-6-15-16(7-13)25-10-24-15/h1-7,14H,8-10H2. The molecule has 2 aromatic carbocycles. The molecule has 0 radical (unpaired) electrons. The van der Waals surface area contributed by atoms with Crippen LogP contribution in [0.2, 0.25) is 0 Å². The molecule has 1 saturated heterocycles. The third kappa shape index (κ3) is 3.14. The smallest absolute Gasteiger partial charge is 0.416 e. The molecule has 1 amide bonds. The Kier molecular flexibility index (Phi) is 3.90. The van der Waals surface area contributed by atoms with Crippen LogP contribution in [0.15, 0.2) is 42.5 Å². The van der Waals surface area contributed by atoms with Gasteiger partial charge in [0.25, 0.3) is 5.91 Å². The summed E-state index contributed by atoms with van der Waals surface area (Å²) in [5, 5.41) is 0. The van der Waals surface area contributed by atoms with Crippen LogP contribution in [0.4, 0.5) is 13.2 Å². The SMILES string of the molecule is O=C(c1ccc(C(F)(F)F)cc1)N1CC(Oc2ccc3c(c2)OCO3)C1. The van der Waals surface area contributed by atoms with Crippen LogP contribution < -0.4 is 14.2 Å². The zero-order chi connectivity index (χ0) is 18.3. The molecule has 2 heterocycles. The Labute approximate surface area is 146 Å². The van der Waals surface area contributed by atoms with Crippen molar-refractivity contribution < 1.29 is 32.2 Å². The average Bonchev–Trinajstić information content (AvgIpc) is 3.04. The van der Waals surface area contributed by atoms with Gasteiger partial charge in [0.2, 0.25) is 6.79 Å². The van der Waals surface area contributed by atoms with Crippen LogP contribution in [0, 0.1) is 0 Å². The van der Waals surface area contributed by atoms with Gasteiger partial charge in [0.05, 0.1) is 18.7 Å². The predicted molar refractivity (Wildman–Crippen MR) is 84.3 cm³/mol. The lowest BCUT2D eigenvalue weighted by molar-refractivity contribution is -0.137. The molecular weight excluding hydrogens is 351 g/mol. The normalized spacial score (nSPS) is 16.3. The average molecular weight is 365 g/mol. The Morgan fingerprint density at radius 3 is 2.42 bits per heavy atom. The summed E-state index contributed by atoms with van der Waals surface area (Å²) in [5.41, 5.74) is -0.554. The summed E-state index contributed by atoms with van der Waals surface area (Å²) in [6.45, 7) is 0.917. The highest BCUT2D eigenvalue weighted by Crippen LogP contribution is 2.36. The minimum absolute atomic E-state index is 0.172. The van der Waals surface area contributed by atoms with Crippen molar-refractivity contribution in [2.24, 2.45) is 0 Å². The van der Waals surface area contributed by atoms with Gasteiger partial charge in [-0.15, -0.1) is 0 Å². The number of nitrogens with zero attached hydrogens (tertiary/aromatic N) is 1. The summed E-state index contributed by atoms with van der Waals surface area (Å²) in [6.07, 6.45) is -4.59. The topological polar surface area (TPSA) is 48.0 Å². The molecule has 2 aliphatic rings. The quantitative estimate of drug-likeness (QED) is 0.837. The van der Waals surface area contributed by atoms with Crippen molar-refractivity contribution in [3.63, 3.8) is 0 Å². The van der Waals surface area contributed by atoms with E-state index in [2.05, 4.69) is 0 Å². The minimum atomic E-state index is -4.41. The van der Waals surface area contributed by atoms with Gasteiger partial charge in [-0.3, -0.25) is 4.79 Å². The number of benzene rings is 2. The van der Waals surface area contributed by atoms with E-state index >= 15 is 0 Å². The highest BCUT2D eigenvalue weighted by molar-refractivity contribution is 5.94. The number of fused-ring (bicyclic) bond motifs is 1. The molecule has 0 aliphatic carbocycles. The second kappa shape index (κ2) is 6.12. The van der Waals surface area contributed by atoms with Crippen molar-refractivity contribution in [1.29, 1.82) is 0 Å². The molecule has 4 rings (SSSR count). The third-order valence-electron chi connectivity index (χ3n) is 4.24. The van der Waals surface area contributed by atoms with Crippen molar-refractivity contribution in [3.05, 3.63) is 53.6 Å². The molecule has 0 spiro atoms. The fourth-order valence-corrected chi connectivity index (χ4v) is 2.81. The summed E-state index contributed by atoms with van der Waals surface area (Å²) in [6, 6.07) is 9.44. The van der Waals surface area contributed by atoms with Gasteiger partial charge in [-0.25, -0.2) is 0 Å². The van der Waals surface area contributed by atoms with E-state index in [1.54, 1.807) is 18.2 Å². The van der Waals surface area contributed by atoms with E-state index in [0.29, 0.717) is 30.3 Å². The summed E-state index contributed by atoms with van der Waals surface area (Å²) in [5.74, 6) is 1.56. The van der Waals surface area contributed by atoms with Gasteiger partial charge in [-0.05, 0) is 36.4 Å². The lowest BCUT2D eigenvalue weighted by Crippen LogP contribution is -2.56. The Balaban J connectivity index is 1.33. The fraction of sp³-hybridized carbons (Fsp3) is 0.278. The van der Waals surface area contributed by atoms with E-state index in [4.69, 9.17) is 14.2 Å². The molecular formula is C18H14F3NO4. The first kappa shape index (κ1) is 16.6. The Hall–Kier alpha value is -2.90. The summed E-state index contributed by atoms with van der Waals surface area (Å²) >= 11 is 0. The van der Waals surface area contributed by atoms with Gasteiger partial charge in [0.1, 0.15) is 11.9 Å². The second-order valence-electron chi connectivity index (χ2n) is 6.04. The van der Waals surface area contributed by atoms with E-state index in [-0.39, 0.29) is 24.4 Å². The van der Waals surface area contributed by atoms with E-state index in [0.717, 1.165) is 12.1 Å². The maximum absolute atomic E-state index is 12.6. The van der Waals surface area contributed by atoms with Gasteiger partial charge in [-0.2, -0.15) is 13.2 Å². The minimum Gasteiger partial charge on any atom is -0.487 e. The monoisotopic (exact) mass is 365 g/mol. The molecule has 0 atom stereocenters. The highest BCUT2D eigenvalue weighted by Gasteiger charge is 2.34. The van der Waals surface area contributed by atoms with Crippen LogP contribution in [0.5, 0.6) is 17.2 Å². The number of rotatable bonds is 3. The van der Waals surface area contributed by atoms with Crippen LogP contribution in [-0.4, -0.2) is 36.8 Å². The van der Waals surface area contributed by atoms with E-state index in [1.807, 2.05) is 0 Å². The number of amides is 1. The first-order valence-corrected chi connectivity index (χ1v) is 7.93. The number of hydrogen-bond donors (Lipinski definition) is 0. The van der Waals surface area contributed by atoms with Gasteiger partial charge >= 0.3 is 6.18 Å². The zero-order valence-electron chi connectivity index (χ0n) is 13.5. The summed E-state index contributed by atoms with van der Waals surface area (Å²) in [4.78, 5) is 13.8. The van der Waals surface area contributed by atoms with Crippen molar-refractivity contribution in [2.45, 2.75) is 12.3 Å². The maximum Gasteiger partial charge on any atom is 0.416 e. The van der Waals surface area contributed by atoms with Crippen LogP contribution in [-0.2, 0) is 6.18 Å². The fourth-order valence-electron chi connectivity index (χ4n) is 2.81. The van der Waals surface area contributed by atoms with Crippen molar-refractivity contribution in [3.8, 4) is 17.2 Å². The molecule has 0 unspecified atom stereocenters. The first-order valence-electron chi connectivity index (χ1n) is 7.93. The van der Waals surface area contributed by atoms with Gasteiger partial charge in [-0.1, -0.05) is 0 Å². The first-order chi connectivity index (χ1) is 12.4. The number of alkyl halides is 3. The highest BCUT2D eigenvalue weighted by atomic mass is 19.4. The molecule has 1 fully saturated rings. The predicted octanol–water partition coefficient (Wildman–Crippen LogP) is 3.34.